The first-order chi connectivity index (χ1) is 13.1. The average molecular weight is 371 g/mol. The molecule has 1 aromatic carbocycles. The van der Waals surface area contributed by atoms with Gasteiger partial charge in [0.1, 0.15) is 17.4 Å². The zero-order chi connectivity index (χ0) is 19.6. The number of piperidine rings is 1. The van der Waals surface area contributed by atoms with Crippen LogP contribution in [-0.2, 0) is 20.9 Å². The van der Waals surface area contributed by atoms with Crippen molar-refractivity contribution in [2.45, 2.75) is 26.3 Å². The molecule has 2 rings (SSSR count). The Bertz CT molecular complexity index is 731. The van der Waals surface area contributed by atoms with Gasteiger partial charge in [0, 0.05) is 31.4 Å². The van der Waals surface area contributed by atoms with Crippen LogP contribution in [0, 0.1) is 17.2 Å². The molecule has 1 aromatic rings. The molecule has 1 amide bonds. The van der Waals surface area contributed by atoms with Crippen LogP contribution in [0.3, 0.4) is 0 Å². The van der Waals surface area contributed by atoms with Crippen molar-refractivity contribution in [1.29, 1.82) is 5.26 Å². The molecule has 1 saturated heterocycles. The molecule has 7 heteroatoms. The third-order valence-corrected chi connectivity index (χ3v) is 4.48. The molecule has 0 unspecified atom stereocenters. The minimum Gasteiger partial charge on any atom is -0.496 e. The standard InChI is InChI=1S/C20H25N3O4/c1-3-27-20(25)15-8-10-23(11-9-15)19(24)17(12-21)14-22-13-16-6-4-5-7-18(16)26-2/h4-7,14-15,22H,3,8-11,13H2,1-2H3/b17-14-. The minimum absolute atomic E-state index is 0.0412. The molecule has 1 aliphatic rings. The summed E-state index contributed by atoms with van der Waals surface area (Å²) in [6, 6.07) is 9.49. The third kappa shape index (κ3) is 5.48. The van der Waals surface area contributed by atoms with Gasteiger partial charge in [-0.25, -0.2) is 0 Å². The summed E-state index contributed by atoms with van der Waals surface area (Å²) in [6.45, 7) is 3.45. The van der Waals surface area contributed by atoms with Crippen LogP contribution in [0.15, 0.2) is 36.0 Å². The second kappa shape index (κ2) is 10.2. The molecule has 0 aromatic heterocycles. The van der Waals surface area contributed by atoms with Crippen molar-refractivity contribution in [3.8, 4) is 11.8 Å². The number of nitrogens with one attached hydrogen (secondary N) is 1. The average Bonchev–Trinajstić information content (AvgIpc) is 2.71. The quantitative estimate of drug-likeness (QED) is 0.448. The molecule has 7 nitrogen and oxygen atoms in total. The van der Waals surface area contributed by atoms with Crippen molar-refractivity contribution < 1.29 is 19.1 Å². The molecular weight excluding hydrogens is 346 g/mol. The van der Waals surface area contributed by atoms with E-state index < -0.39 is 0 Å². The van der Waals surface area contributed by atoms with E-state index in [9.17, 15) is 14.9 Å². The Hall–Kier alpha value is -3.01. The fourth-order valence-corrected chi connectivity index (χ4v) is 3.00. The lowest BCUT2D eigenvalue weighted by Gasteiger charge is -2.30. The topological polar surface area (TPSA) is 91.7 Å². The highest BCUT2D eigenvalue weighted by atomic mass is 16.5. The van der Waals surface area contributed by atoms with Gasteiger partial charge in [-0.05, 0) is 25.8 Å². The van der Waals surface area contributed by atoms with Gasteiger partial charge >= 0.3 is 5.97 Å². The number of nitriles is 1. The van der Waals surface area contributed by atoms with Crippen LogP contribution in [0.1, 0.15) is 25.3 Å². The zero-order valence-corrected chi connectivity index (χ0v) is 15.7. The van der Waals surface area contributed by atoms with Crippen LogP contribution in [0.2, 0.25) is 0 Å². The van der Waals surface area contributed by atoms with Crippen LogP contribution in [0.4, 0.5) is 0 Å². The molecule has 0 radical (unpaired) electrons. The van der Waals surface area contributed by atoms with Crippen molar-refractivity contribution in [3.63, 3.8) is 0 Å². The largest absolute Gasteiger partial charge is 0.496 e. The molecule has 0 atom stereocenters. The number of nitrogens with zero attached hydrogens (tertiary/aromatic N) is 2. The maximum atomic E-state index is 12.6. The Morgan fingerprint density at radius 1 is 1.33 bits per heavy atom. The van der Waals surface area contributed by atoms with Crippen molar-refractivity contribution in [3.05, 3.63) is 41.6 Å². The molecular formula is C20H25N3O4. The van der Waals surface area contributed by atoms with Crippen LogP contribution < -0.4 is 10.1 Å². The van der Waals surface area contributed by atoms with Crippen molar-refractivity contribution in [1.82, 2.24) is 10.2 Å². The Morgan fingerprint density at radius 2 is 2.04 bits per heavy atom. The molecule has 1 N–H and O–H groups in total. The van der Waals surface area contributed by atoms with E-state index in [1.807, 2.05) is 30.3 Å². The maximum absolute atomic E-state index is 12.6. The first-order valence-corrected chi connectivity index (χ1v) is 9.02. The SMILES string of the molecule is CCOC(=O)C1CCN(C(=O)/C(C#N)=C\NCc2ccccc2OC)CC1. The number of methoxy groups -OCH3 is 1. The normalized spacial score (nSPS) is 15.0. The molecule has 1 fully saturated rings. The fraction of sp³-hybridized carbons (Fsp3) is 0.450. The monoisotopic (exact) mass is 371 g/mol. The van der Waals surface area contributed by atoms with Gasteiger partial charge in [0.25, 0.3) is 5.91 Å². The van der Waals surface area contributed by atoms with Gasteiger partial charge < -0.3 is 19.7 Å². The number of hydrogen-bond acceptors (Lipinski definition) is 6. The summed E-state index contributed by atoms with van der Waals surface area (Å²) in [5.74, 6) is 0.0305. The number of likely N-dealkylation sites (tertiary alicyclic amines) is 1. The second-order valence-electron chi connectivity index (χ2n) is 6.18. The van der Waals surface area contributed by atoms with Gasteiger partial charge in [-0.15, -0.1) is 0 Å². The van der Waals surface area contributed by atoms with Gasteiger partial charge in [-0.1, -0.05) is 18.2 Å². The first kappa shape index (κ1) is 20.3. The van der Waals surface area contributed by atoms with E-state index >= 15 is 0 Å². The highest BCUT2D eigenvalue weighted by molar-refractivity contribution is 5.97. The van der Waals surface area contributed by atoms with Gasteiger partial charge in [0.05, 0.1) is 19.6 Å². The summed E-state index contributed by atoms with van der Waals surface area (Å²) in [4.78, 5) is 25.9. The molecule has 0 spiro atoms. The number of carbonyl (C=O) groups is 2. The van der Waals surface area contributed by atoms with E-state index in [0.717, 1.165) is 11.3 Å². The minimum atomic E-state index is -0.327. The number of hydrogen-bond donors (Lipinski definition) is 1. The van der Waals surface area contributed by atoms with Crippen molar-refractivity contribution >= 4 is 11.9 Å². The van der Waals surface area contributed by atoms with Crippen LogP contribution in [-0.4, -0.2) is 43.6 Å². The fourth-order valence-electron chi connectivity index (χ4n) is 3.00. The molecule has 1 heterocycles. The van der Waals surface area contributed by atoms with E-state index in [1.165, 1.54) is 6.20 Å². The van der Waals surface area contributed by atoms with E-state index in [0.29, 0.717) is 39.1 Å². The zero-order valence-electron chi connectivity index (χ0n) is 15.7. The molecule has 0 aliphatic carbocycles. The lowest BCUT2D eigenvalue weighted by molar-refractivity contribution is -0.150. The van der Waals surface area contributed by atoms with Gasteiger partial charge in [0.2, 0.25) is 0 Å². The molecule has 0 saturated carbocycles. The van der Waals surface area contributed by atoms with Gasteiger partial charge in [-0.3, -0.25) is 9.59 Å². The first-order valence-electron chi connectivity index (χ1n) is 9.02. The highest BCUT2D eigenvalue weighted by Crippen LogP contribution is 2.20. The Labute approximate surface area is 159 Å². The number of ether oxygens (including phenoxy) is 2. The predicted molar refractivity (Wildman–Crippen MR) is 99.5 cm³/mol. The summed E-state index contributed by atoms with van der Waals surface area (Å²) in [7, 11) is 1.60. The third-order valence-electron chi connectivity index (χ3n) is 4.48. The lowest BCUT2D eigenvalue weighted by Crippen LogP contribution is -2.41. The Balaban J connectivity index is 1.91. The lowest BCUT2D eigenvalue weighted by atomic mass is 9.96. The van der Waals surface area contributed by atoms with E-state index in [1.54, 1.807) is 18.9 Å². The highest BCUT2D eigenvalue weighted by Gasteiger charge is 2.29. The summed E-state index contributed by atoms with van der Waals surface area (Å²) < 4.78 is 10.3. The molecule has 27 heavy (non-hydrogen) atoms. The number of carbonyl (C=O) groups excluding carboxylic acids is 2. The Kier molecular flexibility index (Phi) is 7.68. The smallest absolute Gasteiger partial charge is 0.309 e. The summed E-state index contributed by atoms with van der Waals surface area (Å²) in [5.41, 5.74) is 0.968. The van der Waals surface area contributed by atoms with Crippen molar-refractivity contribution in [2.75, 3.05) is 26.8 Å². The molecule has 0 bridgehead atoms. The summed E-state index contributed by atoms with van der Waals surface area (Å²) in [5, 5.41) is 12.3. The second-order valence-corrected chi connectivity index (χ2v) is 6.18. The van der Waals surface area contributed by atoms with Crippen LogP contribution in [0.25, 0.3) is 0 Å². The number of para-hydroxylation sites is 1. The van der Waals surface area contributed by atoms with Crippen LogP contribution in [0.5, 0.6) is 5.75 Å². The number of amides is 1. The summed E-state index contributed by atoms with van der Waals surface area (Å²) >= 11 is 0. The number of esters is 1. The van der Waals surface area contributed by atoms with E-state index in [2.05, 4.69) is 5.32 Å². The van der Waals surface area contributed by atoms with E-state index in [4.69, 9.17) is 9.47 Å². The Morgan fingerprint density at radius 3 is 2.67 bits per heavy atom. The van der Waals surface area contributed by atoms with Crippen molar-refractivity contribution in [2.24, 2.45) is 5.92 Å². The molecule has 1 aliphatic heterocycles. The maximum Gasteiger partial charge on any atom is 0.309 e. The van der Waals surface area contributed by atoms with Crippen LogP contribution >= 0.6 is 0 Å². The van der Waals surface area contributed by atoms with E-state index in [-0.39, 0.29) is 23.4 Å². The van der Waals surface area contributed by atoms with Gasteiger partial charge in [-0.2, -0.15) is 5.26 Å². The predicted octanol–water partition coefficient (Wildman–Crippen LogP) is 1.99. The molecule has 144 valence electrons. The van der Waals surface area contributed by atoms with Gasteiger partial charge in [0.15, 0.2) is 0 Å². The number of rotatable bonds is 7. The summed E-state index contributed by atoms with van der Waals surface area (Å²) in [6.07, 6.45) is 2.54. The number of benzene rings is 1.